The maximum absolute atomic E-state index is 10.3. The molecule has 0 aromatic heterocycles. The van der Waals surface area contributed by atoms with Crippen molar-refractivity contribution in [2.75, 3.05) is 0 Å². The summed E-state index contributed by atoms with van der Waals surface area (Å²) in [6.45, 7) is 1.95. The molecule has 0 N–H and O–H groups in total. The molecule has 4 nitrogen and oxygen atoms in total. The lowest BCUT2D eigenvalue weighted by atomic mass is 10.2. The second-order valence-electron chi connectivity index (χ2n) is 2.28. The Bertz CT molecular complexity index is 167. The minimum absolute atomic E-state index is 0.396. The van der Waals surface area contributed by atoms with Gasteiger partial charge >= 0.3 is 10.9 Å². The molecule has 0 atom stereocenters. The van der Waals surface area contributed by atoms with Crippen molar-refractivity contribution in [3.8, 4) is 0 Å². The van der Waals surface area contributed by atoms with E-state index in [1.165, 1.54) is 0 Å². The molecule has 0 saturated carbocycles. The van der Waals surface area contributed by atoms with Gasteiger partial charge in [-0.05, 0) is 6.42 Å². The lowest BCUT2D eigenvalue weighted by molar-refractivity contribution is -0.0493. The average molecular weight is 229 g/mol. The van der Waals surface area contributed by atoms with Gasteiger partial charge in [0.05, 0.1) is 0 Å². The number of rotatable bonds is 5. The quantitative estimate of drug-likeness (QED) is 0.536. The van der Waals surface area contributed by atoms with Crippen LogP contribution in [0.4, 0.5) is 9.59 Å². The highest BCUT2D eigenvalue weighted by molar-refractivity contribution is 6.61. The summed E-state index contributed by atoms with van der Waals surface area (Å²) < 4.78 is 8.92. The van der Waals surface area contributed by atoms with Gasteiger partial charge in [0.1, 0.15) is 0 Å². The number of carbonyl (C=O) groups excluding carboxylic acids is 2. The molecule has 0 spiro atoms. The van der Waals surface area contributed by atoms with Gasteiger partial charge in [-0.3, -0.25) is 0 Å². The Kier molecular flexibility index (Phi) is 6.72. The number of hydrogen-bond donors (Lipinski definition) is 0. The molecule has 76 valence electrons. The van der Waals surface area contributed by atoms with E-state index in [-0.39, 0.29) is 0 Å². The van der Waals surface area contributed by atoms with Crippen molar-refractivity contribution in [2.24, 2.45) is 0 Å². The van der Waals surface area contributed by atoms with Crippen LogP contribution in [0.5, 0.6) is 0 Å². The Hall–Kier alpha value is -0.480. The monoisotopic (exact) mass is 228 g/mol. The fourth-order valence-electron chi connectivity index (χ4n) is 0.719. The molecule has 0 radical (unpaired) electrons. The fraction of sp³-hybridized carbons (Fsp3) is 0.714. The third kappa shape index (κ3) is 7.87. The molecule has 0 aliphatic rings. The van der Waals surface area contributed by atoms with Crippen LogP contribution in [0, 0.1) is 0 Å². The Balaban J connectivity index is 3.87. The molecule has 0 unspecified atom stereocenters. The standard InChI is InChI=1S/C7H10Cl2O4/c1-2-3-4-5(12-6(8)10)13-7(9)11/h5H,2-4H2,1H3. The summed E-state index contributed by atoms with van der Waals surface area (Å²) in [5.74, 6) is 0. The van der Waals surface area contributed by atoms with Crippen LogP contribution in [0.15, 0.2) is 0 Å². The molecule has 0 saturated heterocycles. The summed E-state index contributed by atoms with van der Waals surface area (Å²) in [7, 11) is 0. The first-order valence-electron chi connectivity index (χ1n) is 3.78. The molecule has 0 heterocycles. The van der Waals surface area contributed by atoms with Crippen molar-refractivity contribution in [2.45, 2.75) is 32.5 Å². The maximum atomic E-state index is 10.3. The SMILES string of the molecule is CCCCC(OC(=O)Cl)OC(=O)Cl. The normalized spacial score (nSPS) is 9.85. The third-order valence-corrected chi connectivity index (χ3v) is 1.42. The van der Waals surface area contributed by atoms with Crippen LogP contribution < -0.4 is 0 Å². The topological polar surface area (TPSA) is 52.6 Å². The van der Waals surface area contributed by atoms with E-state index >= 15 is 0 Å². The minimum Gasteiger partial charge on any atom is -0.413 e. The zero-order chi connectivity index (χ0) is 10.3. The van der Waals surface area contributed by atoms with Crippen LogP contribution in [0.3, 0.4) is 0 Å². The Morgan fingerprint density at radius 2 is 1.69 bits per heavy atom. The molecule has 0 aliphatic carbocycles. The Labute approximate surface area is 86.1 Å². The minimum atomic E-state index is -1.01. The first-order chi connectivity index (χ1) is 6.06. The van der Waals surface area contributed by atoms with E-state index < -0.39 is 17.1 Å². The molecular weight excluding hydrogens is 219 g/mol. The van der Waals surface area contributed by atoms with E-state index in [0.717, 1.165) is 12.8 Å². The molecule has 0 aliphatic heterocycles. The van der Waals surface area contributed by atoms with Gasteiger partial charge in [-0.25, -0.2) is 9.59 Å². The van der Waals surface area contributed by atoms with E-state index in [0.29, 0.717) is 6.42 Å². The summed E-state index contributed by atoms with van der Waals surface area (Å²) >= 11 is 9.88. The van der Waals surface area contributed by atoms with Crippen molar-refractivity contribution in [3.63, 3.8) is 0 Å². The van der Waals surface area contributed by atoms with Crippen LogP contribution in [0.25, 0.3) is 0 Å². The van der Waals surface area contributed by atoms with Crippen molar-refractivity contribution in [1.82, 2.24) is 0 Å². The van der Waals surface area contributed by atoms with Gasteiger partial charge in [-0.2, -0.15) is 0 Å². The van der Waals surface area contributed by atoms with E-state index in [9.17, 15) is 9.59 Å². The van der Waals surface area contributed by atoms with E-state index in [4.69, 9.17) is 23.2 Å². The second kappa shape index (κ2) is 6.97. The molecule has 0 rings (SSSR count). The highest BCUT2D eigenvalue weighted by Crippen LogP contribution is 2.10. The first-order valence-corrected chi connectivity index (χ1v) is 4.54. The summed E-state index contributed by atoms with van der Waals surface area (Å²) in [6.07, 6.45) is 1.05. The number of halogens is 2. The van der Waals surface area contributed by atoms with Crippen LogP contribution in [-0.2, 0) is 9.47 Å². The second-order valence-corrected chi connectivity index (χ2v) is 2.90. The van der Waals surface area contributed by atoms with Gasteiger partial charge in [-0.1, -0.05) is 13.3 Å². The van der Waals surface area contributed by atoms with Gasteiger partial charge in [0.2, 0.25) is 6.29 Å². The van der Waals surface area contributed by atoms with Gasteiger partial charge < -0.3 is 9.47 Å². The number of carbonyl (C=O) groups is 2. The van der Waals surface area contributed by atoms with E-state index in [1.54, 1.807) is 0 Å². The van der Waals surface area contributed by atoms with E-state index in [2.05, 4.69) is 9.47 Å². The number of unbranched alkanes of at least 4 members (excludes halogenated alkanes) is 1. The van der Waals surface area contributed by atoms with E-state index in [1.807, 2.05) is 6.92 Å². The highest BCUT2D eigenvalue weighted by atomic mass is 35.5. The molecule has 0 aromatic carbocycles. The van der Waals surface area contributed by atoms with Gasteiger partial charge in [0.15, 0.2) is 0 Å². The Morgan fingerprint density at radius 1 is 1.23 bits per heavy atom. The number of hydrogen-bond acceptors (Lipinski definition) is 4. The maximum Gasteiger partial charge on any atom is 0.406 e. The molecule has 0 fully saturated rings. The zero-order valence-electron chi connectivity index (χ0n) is 7.09. The predicted octanol–water partition coefficient (Wildman–Crippen LogP) is 3.25. The van der Waals surface area contributed by atoms with Crippen LogP contribution >= 0.6 is 23.2 Å². The van der Waals surface area contributed by atoms with Crippen LogP contribution in [-0.4, -0.2) is 17.1 Å². The van der Waals surface area contributed by atoms with Crippen LogP contribution in [0.1, 0.15) is 26.2 Å². The fourth-order valence-corrected chi connectivity index (χ4v) is 0.918. The summed E-state index contributed by atoms with van der Waals surface area (Å²) in [5, 5.41) is 0. The first kappa shape index (κ1) is 12.5. The molecule has 6 heteroatoms. The lowest BCUT2D eigenvalue weighted by Gasteiger charge is -2.13. The summed E-state index contributed by atoms with van der Waals surface area (Å²) in [4.78, 5) is 20.6. The molecule has 0 bridgehead atoms. The van der Waals surface area contributed by atoms with Crippen molar-refractivity contribution in [3.05, 3.63) is 0 Å². The van der Waals surface area contributed by atoms with Gasteiger partial charge in [-0.15, -0.1) is 0 Å². The zero-order valence-corrected chi connectivity index (χ0v) is 8.60. The van der Waals surface area contributed by atoms with Gasteiger partial charge in [0, 0.05) is 29.6 Å². The smallest absolute Gasteiger partial charge is 0.406 e. The van der Waals surface area contributed by atoms with Crippen LogP contribution in [0.2, 0.25) is 0 Å². The van der Waals surface area contributed by atoms with Crippen molar-refractivity contribution in [1.29, 1.82) is 0 Å². The molecule has 13 heavy (non-hydrogen) atoms. The molecular formula is C7H10Cl2O4. The van der Waals surface area contributed by atoms with Crippen molar-refractivity contribution < 1.29 is 19.1 Å². The Morgan fingerprint density at radius 3 is 2.00 bits per heavy atom. The molecule has 0 aromatic rings. The van der Waals surface area contributed by atoms with Gasteiger partial charge in [0.25, 0.3) is 0 Å². The lowest BCUT2D eigenvalue weighted by Crippen LogP contribution is -2.19. The predicted molar refractivity (Wildman–Crippen MR) is 48.0 cm³/mol. The largest absolute Gasteiger partial charge is 0.413 e. The highest BCUT2D eigenvalue weighted by Gasteiger charge is 2.15. The number of ether oxygens (including phenoxy) is 2. The average Bonchev–Trinajstić information content (AvgIpc) is 1.98. The van der Waals surface area contributed by atoms with Crippen molar-refractivity contribution >= 4 is 34.1 Å². The summed E-state index contributed by atoms with van der Waals surface area (Å²) in [6, 6.07) is 0. The third-order valence-electron chi connectivity index (χ3n) is 1.24. The molecule has 0 amide bonds. The summed E-state index contributed by atoms with van der Waals surface area (Å²) in [5.41, 5.74) is -2.03.